The van der Waals surface area contributed by atoms with Crippen molar-refractivity contribution in [2.24, 2.45) is 5.92 Å². The fourth-order valence-corrected chi connectivity index (χ4v) is 3.63. The number of amides is 3. The van der Waals surface area contributed by atoms with Gasteiger partial charge in [-0.1, -0.05) is 50.2 Å². The van der Waals surface area contributed by atoms with Crippen LogP contribution in [0.3, 0.4) is 0 Å². The number of nitrogens with zero attached hydrogens (tertiary/aromatic N) is 1. The van der Waals surface area contributed by atoms with E-state index < -0.39 is 23.7 Å². The molecule has 9 heteroatoms. The van der Waals surface area contributed by atoms with Crippen LogP contribution < -0.4 is 10.1 Å². The number of hydrogen-bond donors (Lipinski definition) is 1. The number of para-hydroxylation sites is 2. The SMILES string of the molecule is CC(C)COC(=O)CN1C(=O)S/C(=C/c2ccccc2OCC(=O)Nc2ccccc2)C1=O. The molecule has 0 bridgehead atoms. The van der Waals surface area contributed by atoms with Crippen molar-refractivity contribution in [3.8, 4) is 5.75 Å². The minimum atomic E-state index is -0.639. The molecule has 2 aromatic rings. The predicted octanol–water partition coefficient (Wildman–Crippen LogP) is 3.94. The Hall–Kier alpha value is -3.59. The fourth-order valence-electron chi connectivity index (χ4n) is 2.80. The van der Waals surface area contributed by atoms with Gasteiger partial charge >= 0.3 is 5.97 Å². The first-order chi connectivity index (χ1) is 15.8. The maximum atomic E-state index is 12.7. The van der Waals surface area contributed by atoms with Gasteiger partial charge in [0.2, 0.25) is 0 Å². The molecule has 0 saturated carbocycles. The van der Waals surface area contributed by atoms with Gasteiger partial charge in [0.1, 0.15) is 12.3 Å². The summed E-state index contributed by atoms with van der Waals surface area (Å²) in [5.41, 5.74) is 1.18. The fraction of sp³-hybridized carbons (Fsp3) is 0.250. The summed E-state index contributed by atoms with van der Waals surface area (Å²) in [6, 6.07) is 15.8. The second-order valence-corrected chi connectivity index (χ2v) is 8.58. The van der Waals surface area contributed by atoms with Gasteiger partial charge in [-0.3, -0.25) is 24.1 Å². The second kappa shape index (κ2) is 11.3. The molecule has 3 amide bonds. The van der Waals surface area contributed by atoms with E-state index >= 15 is 0 Å². The first kappa shape index (κ1) is 24.1. The van der Waals surface area contributed by atoms with Crippen molar-refractivity contribution < 1.29 is 28.7 Å². The maximum Gasteiger partial charge on any atom is 0.326 e. The second-order valence-electron chi connectivity index (χ2n) is 7.59. The van der Waals surface area contributed by atoms with Crippen molar-refractivity contribution in [3.63, 3.8) is 0 Å². The summed E-state index contributed by atoms with van der Waals surface area (Å²) in [4.78, 5) is 50.1. The van der Waals surface area contributed by atoms with Gasteiger partial charge in [0.05, 0.1) is 11.5 Å². The van der Waals surface area contributed by atoms with Crippen molar-refractivity contribution >= 4 is 46.5 Å². The van der Waals surface area contributed by atoms with E-state index in [0.717, 1.165) is 16.7 Å². The van der Waals surface area contributed by atoms with E-state index in [1.165, 1.54) is 6.08 Å². The largest absolute Gasteiger partial charge is 0.483 e. The molecule has 1 aliphatic rings. The van der Waals surface area contributed by atoms with E-state index in [1.54, 1.807) is 36.4 Å². The molecule has 0 spiro atoms. The molecule has 0 unspecified atom stereocenters. The number of imide groups is 1. The Morgan fingerprint density at radius 1 is 1.06 bits per heavy atom. The van der Waals surface area contributed by atoms with Crippen LogP contribution >= 0.6 is 11.8 Å². The van der Waals surface area contributed by atoms with Gasteiger partial charge < -0.3 is 14.8 Å². The van der Waals surface area contributed by atoms with Crippen LogP contribution in [0.15, 0.2) is 59.5 Å². The molecule has 3 rings (SSSR count). The monoisotopic (exact) mass is 468 g/mol. The van der Waals surface area contributed by atoms with E-state index in [1.807, 2.05) is 32.0 Å². The molecule has 0 radical (unpaired) electrons. The standard InChI is InChI=1S/C24H24N2O6S/c1-16(2)14-32-22(28)13-26-23(29)20(33-24(26)30)12-17-8-6-7-11-19(17)31-15-21(27)25-18-9-4-3-5-10-18/h3-12,16H,13-15H2,1-2H3,(H,25,27)/b20-12+. The number of carbonyl (C=O) groups excluding carboxylic acids is 4. The molecule has 1 heterocycles. The molecule has 1 saturated heterocycles. The highest BCUT2D eigenvalue weighted by Gasteiger charge is 2.36. The zero-order valence-corrected chi connectivity index (χ0v) is 19.1. The summed E-state index contributed by atoms with van der Waals surface area (Å²) in [6.07, 6.45) is 1.51. The summed E-state index contributed by atoms with van der Waals surface area (Å²) < 4.78 is 10.7. The van der Waals surface area contributed by atoms with Gasteiger partial charge in [-0.2, -0.15) is 0 Å². The highest BCUT2D eigenvalue weighted by atomic mass is 32.2. The van der Waals surface area contributed by atoms with Crippen LogP contribution in [-0.2, 0) is 19.1 Å². The van der Waals surface area contributed by atoms with E-state index in [9.17, 15) is 19.2 Å². The van der Waals surface area contributed by atoms with Gasteiger partial charge in [-0.05, 0) is 42.0 Å². The van der Waals surface area contributed by atoms with Gasteiger partial charge in [-0.15, -0.1) is 0 Å². The average molecular weight is 469 g/mol. The number of benzene rings is 2. The molecule has 1 aliphatic heterocycles. The Bertz CT molecular complexity index is 1070. The Morgan fingerprint density at radius 2 is 1.76 bits per heavy atom. The summed E-state index contributed by atoms with van der Waals surface area (Å²) in [5, 5.41) is 2.18. The third-order valence-corrected chi connectivity index (χ3v) is 5.27. The van der Waals surface area contributed by atoms with E-state index in [-0.39, 0.29) is 29.9 Å². The number of esters is 1. The summed E-state index contributed by atoms with van der Waals surface area (Å²) in [6.45, 7) is 3.32. The van der Waals surface area contributed by atoms with Crippen LogP contribution in [-0.4, -0.2) is 47.7 Å². The number of hydrogen-bond acceptors (Lipinski definition) is 7. The zero-order chi connectivity index (χ0) is 23.8. The van der Waals surface area contributed by atoms with Crippen molar-refractivity contribution in [2.75, 3.05) is 25.1 Å². The Kier molecular flexibility index (Phi) is 8.26. The maximum absolute atomic E-state index is 12.7. The molecular formula is C24H24N2O6S. The summed E-state index contributed by atoms with van der Waals surface area (Å²) in [5.74, 6) is -1.03. The molecule has 33 heavy (non-hydrogen) atoms. The Morgan fingerprint density at radius 3 is 2.48 bits per heavy atom. The van der Waals surface area contributed by atoms with Crippen LogP contribution in [0.25, 0.3) is 6.08 Å². The highest BCUT2D eigenvalue weighted by molar-refractivity contribution is 8.18. The minimum Gasteiger partial charge on any atom is -0.483 e. The predicted molar refractivity (Wildman–Crippen MR) is 125 cm³/mol. The lowest BCUT2D eigenvalue weighted by atomic mass is 10.2. The normalized spacial score (nSPS) is 14.6. The first-order valence-corrected chi connectivity index (χ1v) is 11.1. The number of anilines is 1. The Labute approximate surface area is 195 Å². The quantitative estimate of drug-likeness (QED) is 0.439. The summed E-state index contributed by atoms with van der Waals surface area (Å²) >= 11 is 0.734. The molecule has 172 valence electrons. The third kappa shape index (κ3) is 6.95. The zero-order valence-electron chi connectivity index (χ0n) is 18.3. The topological polar surface area (TPSA) is 102 Å². The van der Waals surface area contributed by atoms with Crippen molar-refractivity contribution in [1.29, 1.82) is 0 Å². The lowest BCUT2D eigenvalue weighted by Crippen LogP contribution is -2.34. The first-order valence-electron chi connectivity index (χ1n) is 10.3. The van der Waals surface area contributed by atoms with Crippen molar-refractivity contribution in [2.45, 2.75) is 13.8 Å². The van der Waals surface area contributed by atoms with Crippen LogP contribution in [0, 0.1) is 5.92 Å². The molecule has 2 aromatic carbocycles. The molecule has 1 N–H and O–H groups in total. The van der Waals surface area contributed by atoms with Gasteiger partial charge in [-0.25, -0.2) is 0 Å². The van der Waals surface area contributed by atoms with Crippen LogP contribution in [0.2, 0.25) is 0 Å². The van der Waals surface area contributed by atoms with E-state index in [2.05, 4.69) is 5.32 Å². The van der Waals surface area contributed by atoms with Crippen LogP contribution in [0.5, 0.6) is 5.75 Å². The van der Waals surface area contributed by atoms with Gasteiger partial charge in [0.15, 0.2) is 6.61 Å². The average Bonchev–Trinajstić information content (AvgIpc) is 3.05. The molecule has 0 atom stereocenters. The number of carbonyl (C=O) groups is 4. The van der Waals surface area contributed by atoms with Gasteiger partial charge in [0, 0.05) is 11.3 Å². The van der Waals surface area contributed by atoms with Crippen molar-refractivity contribution in [3.05, 3.63) is 65.1 Å². The van der Waals surface area contributed by atoms with E-state index in [0.29, 0.717) is 17.0 Å². The summed E-state index contributed by atoms with van der Waals surface area (Å²) in [7, 11) is 0. The molecule has 0 aliphatic carbocycles. The highest BCUT2D eigenvalue weighted by Crippen LogP contribution is 2.33. The number of ether oxygens (including phenoxy) is 2. The lowest BCUT2D eigenvalue weighted by Gasteiger charge is -2.13. The smallest absolute Gasteiger partial charge is 0.326 e. The van der Waals surface area contributed by atoms with Crippen LogP contribution in [0.4, 0.5) is 10.5 Å². The molecule has 8 nitrogen and oxygen atoms in total. The lowest BCUT2D eigenvalue weighted by molar-refractivity contribution is -0.147. The minimum absolute atomic E-state index is 0.148. The van der Waals surface area contributed by atoms with Crippen LogP contribution in [0.1, 0.15) is 19.4 Å². The number of rotatable bonds is 9. The molecular weight excluding hydrogens is 444 g/mol. The number of nitrogens with one attached hydrogen (secondary N) is 1. The van der Waals surface area contributed by atoms with Crippen molar-refractivity contribution in [1.82, 2.24) is 4.90 Å². The van der Waals surface area contributed by atoms with E-state index in [4.69, 9.17) is 9.47 Å². The molecule has 0 aromatic heterocycles. The Balaban J connectivity index is 1.64. The molecule has 1 fully saturated rings. The number of thioether (sulfide) groups is 1. The van der Waals surface area contributed by atoms with Gasteiger partial charge in [0.25, 0.3) is 17.1 Å². The third-order valence-electron chi connectivity index (χ3n) is 4.36.